The lowest BCUT2D eigenvalue weighted by molar-refractivity contribution is -0.132. The van der Waals surface area contributed by atoms with E-state index in [1.807, 2.05) is 83.8 Å². The van der Waals surface area contributed by atoms with Crippen LogP contribution >= 0.6 is 0 Å². The normalized spacial score (nSPS) is 14.9. The molecule has 1 saturated heterocycles. The second kappa shape index (κ2) is 9.87. The molecule has 0 N–H and O–H groups in total. The molecule has 3 amide bonds. The van der Waals surface area contributed by atoms with Crippen LogP contribution in [0.15, 0.2) is 78.9 Å². The molecule has 2 aliphatic heterocycles. The zero-order valence-electron chi connectivity index (χ0n) is 18.9. The molecule has 0 aromatic heterocycles. The Morgan fingerprint density at radius 3 is 2.06 bits per heavy atom. The van der Waals surface area contributed by atoms with E-state index in [1.54, 1.807) is 9.80 Å². The molecule has 0 unspecified atom stereocenters. The molecule has 7 heteroatoms. The van der Waals surface area contributed by atoms with Gasteiger partial charge in [-0.25, -0.2) is 4.79 Å². The Kier molecular flexibility index (Phi) is 6.33. The fourth-order valence-corrected chi connectivity index (χ4v) is 4.27. The highest BCUT2D eigenvalue weighted by Crippen LogP contribution is 2.35. The van der Waals surface area contributed by atoms with Crippen molar-refractivity contribution in [3.05, 3.63) is 90.0 Å². The Hall–Kier alpha value is -4.00. The Morgan fingerprint density at radius 1 is 0.794 bits per heavy atom. The van der Waals surface area contributed by atoms with E-state index >= 15 is 0 Å². The summed E-state index contributed by atoms with van der Waals surface area (Å²) >= 11 is 0. The lowest BCUT2D eigenvalue weighted by atomic mass is 10.1. The third kappa shape index (κ3) is 4.83. The maximum absolute atomic E-state index is 13.4. The second-order valence-corrected chi connectivity index (χ2v) is 8.40. The van der Waals surface area contributed by atoms with Gasteiger partial charge in [-0.2, -0.15) is 0 Å². The Bertz CT molecular complexity index is 1110. The second-order valence-electron chi connectivity index (χ2n) is 8.40. The van der Waals surface area contributed by atoms with Gasteiger partial charge >= 0.3 is 6.03 Å². The van der Waals surface area contributed by atoms with Crippen molar-refractivity contribution < 1.29 is 19.1 Å². The standard InChI is InChI=1S/C27H27N3O4/c31-26(29(18-21-7-3-1-4-8-21)19-22-9-5-2-6-10-22)20-28-13-14-30(27(28)32)23-11-12-24-25(17-23)34-16-15-33-24/h1-12,17H,13-16,18-20H2. The maximum Gasteiger partial charge on any atom is 0.325 e. The van der Waals surface area contributed by atoms with E-state index < -0.39 is 0 Å². The van der Waals surface area contributed by atoms with E-state index in [-0.39, 0.29) is 18.5 Å². The fourth-order valence-electron chi connectivity index (χ4n) is 4.27. The number of anilines is 1. The summed E-state index contributed by atoms with van der Waals surface area (Å²) in [7, 11) is 0. The molecular weight excluding hydrogens is 430 g/mol. The van der Waals surface area contributed by atoms with Gasteiger partial charge in [0.1, 0.15) is 19.8 Å². The van der Waals surface area contributed by atoms with Gasteiger partial charge < -0.3 is 19.3 Å². The van der Waals surface area contributed by atoms with Gasteiger partial charge in [0.25, 0.3) is 0 Å². The topological polar surface area (TPSA) is 62.3 Å². The highest BCUT2D eigenvalue weighted by Gasteiger charge is 2.32. The quantitative estimate of drug-likeness (QED) is 0.539. The van der Waals surface area contributed by atoms with E-state index in [2.05, 4.69) is 0 Å². The van der Waals surface area contributed by atoms with E-state index in [0.717, 1.165) is 16.8 Å². The van der Waals surface area contributed by atoms with Crippen molar-refractivity contribution in [1.82, 2.24) is 9.80 Å². The summed E-state index contributed by atoms with van der Waals surface area (Å²) in [5, 5.41) is 0. The number of fused-ring (bicyclic) bond motifs is 1. The number of urea groups is 1. The molecule has 3 aromatic carbocycles. The average molecular weight is 458 g/mol. The monoisotopic (exact) mass is 457 g/mol. The summed E-state index contributed by atoms with van der Waals surface area (Å²) in [5.41, 5.74) is 2.85. The highest BCUT2D eigenvalue weighted by molar-refractivity contribution is 5.96. The third-order valence-corrected chi connectivity index (χ3v) is 6.04. The molecule has 0 spiro atoms. The number of carbonyl (C=O) groups is 2. The molecule has 7 nitrogen and oxygen atoms in total. The van der Waals surface area contributed by atoms with Gasteiger partial charge in [-0.3, -0.25) is 9.69 Å². The minimum Gasteiger partial charge on any atom is -0.486 e. The van der Waals surface area contributed by atoms with Crippen molar-refractivity contribution in [3.63, 3.8) is 0 Å². The average Bonchev–Trinajstić information content (AvgIpc) is 3.24. The predicted molar refractivity (Wildman–Crippen MR) is 129 cm³/mol. The summed E-state index contributed by atoms with van der Waals surface area (Å²) in [4.78, 5) is 31.6. The molecule has 0 bridgehead atoms. The van der Waals surface area contributed by atoms with Crippen LogP contribution in [0.3, 0.4) is 0 Å². The fraction of sp³-hybridized carbons (Fsp3) is 0.259. The molecule has 0 atom stereocenters. The van der Waals surface area contributed by atoms with Crippen molar-refractivity contribution in [2.24, 2.45) is 0 Å². The molecule has 34 heavy (non-hydrogen) atoms. The zero-order chi connectivity index (χ0) is 23.3. The molecule has 2 heterocycles. The van der Waals surface area contributed by atoms with Gasteiger partial charge in [0.15, 0.2) is 11.5 Å². The molecular formula is C27H27N3O4. The van der Waals surface area contributed by atoms with Crippen LogP contribution in [-0.4, -0.2) is 54.6 Å². The summed E-state index contributed by atoms with van der Waals surface area (Å²) in [6.45, 7) is 3.04. The molecule has 0 aliphatic carbocycles. The van der Waals surface area contributed by atoms with Crippen LogP contribution in [0.2, 0.25) is 0 Å². The minimum absolute atomic E-state index is 0.0412. The number of hydrogen-bond acceptors (Lipinski definition) is 4. The van der Waals surface area contributed by atoms with E-state index in [4.69, 9.17) is 9.47 Å². The highest BCUT2D eigenvalue weighted by atomic mass is 16.6. The van der Waals surface area contributed by atoms with Crippen molar-refractivity contribution in [3.8, 4) is 11.5 Å². The van der Waals surface area contributed by atoms with Gasteiger partial charge in [-0.15, -0.1) is 0 Å². The van der Waals surface area contributed by atoms with Crippen LogP contribution in [0.4, 0.5) is 10.5 Å². The molecule has 3 aromatic rings. The van der Waals surface area contributed by atoms with E-state index in [0.29, 0.717) is 50.9 Å². The summed E-state index contributed by atoms with van der Waals surface area (Å²) in [5.74, 6) is 1.25. The van der Waals surface area contributed by atoms with Gasteiger partial charge in [0, 0.05) is 37.9 Å². The first-order chi connectivity index (χ1) is 16.7. The molecule has 2 aliphatic rings. The van der Waals surface area contributed by atoms with Crippen LogP contribution in [0.25, 0.3) is 0 Å². The Morgan fingerprint density at radius 2 is 1.41 bits per heavy atom. The summed E-state index contributed by atoms with van der Waals surface area (Å²) in [6, 6.07) is 25.2. The first-order valence-electron chi connectivity index (χ1n) is 11.5. The lowest BCUT2D eigenvalue weighted by Crippen LogP contribution is -2.41. The third-order valence-electron chi connectivity index (χ3n) is 6.04. The summed E-state index contributed by atoms with van der Waals surface area (Å²) in [6.07, 6.45) is 0. The van der Waals surface area contributed by atoms with Crippen molar-refractivity contribution >= 4 is 17.6 Å². The largest absolute Gasteiger partial charge is 0.486 e. The van der Waals surface area contributed by atoms with Crippen molar-refractivity contribution in [2.75, 3.05) is 37.7 Å². The number of carbonyl (C=O) groups excluding carboxylic acids is 2. The molecule has 0 radical (unpaired) electrons. The van der Waals surface area contributed by atoms with Gasteiger partial charge in [0.2, 0.25) is 5.91 Å². The molecule has 0 saturated carbocycles. The van der Waals surface area contributed by atoms with Gasteiger partial charge in [-0.1, -0.05) is 60.7 Å². The molecule has 1 fully saturated rings. The number of nitrogens with zero attached hydrogens (tertiary/aromatic N) is 3. The Labute approximate surface area is 199 Å². The Balaban J connectivity index is 1.28. The predicted octanol–water partition coefficient (Wildman–Crippen LogP) is 3.93. The van der Waals surface area contributed by atoms with Gasteiger partial charge in [0.05, 0.1) is 0 Å². The SMILES string of the molecule is O=C(CN1CCN(c2ccc3c(c2)OCCO3)C1=O)N(Cc1ccccc1)Cc1ccccc1. The van der Waals surface area contributed by atoms with Crippen LogP contribution in [-0.2, 0) is 17.9 Å². The minimum atomic E-state index is -0.176. The molecule has 5 rings (SSSR count). The summed E-state index contributed by atoms with van der Waals surface area (Å²) < 4.78 is 11.2. The van der Waals surface area contributed by atoms with Gasteiger partial charge in [-0.05, 0) is 23.3 Å². The van der Waals surface area contributed by atoms with Crippen LogP contribution in [0.1, 0.15) is 11.1 Å². The number of amides is 3. The van der Waals surface area contributed by atoms with E-state index in [9.17, 15) is 9.59 Å². The zero-order valence-corrected chi connectivity index (χ0v) is 18.9. The van der Waals surface area contributed by atoms with Crippen molar-refractivity contribution in [1.29, 1.82) is 0 Å². The van der Waals surface area contributed by atoms with Crippen molar-refractivity contribution in [2.45, 2.75) is 13.1 Å². The van der Waals surface area contributed by atoms with Crippen LogP contribution in [0, 0.1) is 0 Å². The maximum atomic E-state index is 13.4. The number of ether oxygens (including phenoxy) is 2. The smallest absolute Gasteiger partial charge is 0.325 e. The number of benzene rings is 3. The number of hydrogen-bond donors (Lipinski definition) is 0. The van der Waals surface area contributed by atoms with Crippen LogP contribution in [0.5, 0.6) is 11.5 Å². The van der Waals surface area contributed by atoms with E-state index in [1.165, 1.54) is 0 Å². The lowest BCUT2D eigenvalue weighted by Gasteiger charge is -2.26. The molecule has 174 valence electrons. The number of rotatable bonds is 7. The first-order valence-corrected chi connectivity index (χ1v) is 11.5. The van der Waals surface area contributed by atoms with Crippen LogP contribution < -0.4 is 14.4 Å². The first kappa shape index (κ1) is 21.8.